The van der Waals surface area contributed by atoms with Crippen molar-refractivity contribution in [2.45, 2.75) is 59.3 Å². The van der Waals surface area contributed by atoms with Crippen LogP contribution in [0.15, 0.2) is 6.07 Å². The fraction of sp³-hybridized carbons (Fsp3) is 0.600. The molecule has 0 aliphatic rings. The van der Waals surface area contributed by atoms with E-state index in [4.69, 9.17) is 11.6 Å². The molecule has 0 bridgehead atoms. The van der Waals surface area contributed by atoms with Gasteiger partial charge in [-0.15, -0.1) is 0 Å². The fourth-order valence-electron chi connectivity index (χ4n) is 2.46. The lowest BCUT2D eigenvalue weighted by Crippen LogP contribution is -2.09. The van der Waals surface area contributed by atoms with Crippen molar-refractivity contribution in [3.05, 3.63) is 33.6 Å². The van der Waals surface area contributed by atoms with Gasteiger partial charge in [-0.3, -0.25) is 0 Å². The standard InChI is InChI=1S/C15H22ClF/c1-8(2)13-11(16)7-12(17)14(9(3)4)15(13)10(5)6/h7-10H,1-6H3. The first-order valence-corrected chi connectivity index (χ1v) is 6.66. The topological polar surface area (TPSA) is 0 Å². The molecule has 0 heterocycles. The molecule has 0 fully saturated rings. The van der Waals surface area contributed by atoms with E-state index in [1.54, 1.807) is 0 Å². The molecule has 1 aromatic carbocycles. The van der Waals surface area contributed by atoms with Gasteiger partial charge < -0.3 is 0 Å². The first-order valence-electron chi connectivity index (χ1n) is 6.29. The van der Waals surface area contributed by atoms with Gasteiger partial charge >= 0.3 is 0 Å². The molecule has 0 N–H and O–H groups in total. The molecule has 0 saturated heterocycles. The van der Waals surface area contributed by atoms with Gasteiger partial charge in [-0.2, -0.15) is 0 Å². The monoisotopic (exact) mass is 256 g/mol. The summed E-state index contributed by atoms with van der Waals surface area (Å²) >= 11 is 6.21. The fourth-order valence-corrected chi connectivity index (χ4v) is 2.88. The zero-order valence-electron chi connectivity index (χ0n) is 11.6. The van der Waals surface area contributed by atoms with E-state index in [2.05, 4.69) is 27.7 Å². The molecule has 0 radical (unpaired) electrons. The highest BCUT2D eigenvalue weighted by Crippen LogP contribution is 2.39. The number of hydrogen-bond donors (Lipinski definition) is 0. The Balaban J connectivity index is 3.65. The molecule has 0 saturated carbocycles. The Morgan fingerprint density at radius 3 is 1.59 bits per heavy atom. The molecule has 1 aromatic rings. The largest absolute Gasteiger partial charge is 0.207 e. The molecule has 17 heavy (non-hydrogen) atoms. The zero-order valence-corrected chi connectivity index (χ0v) is 12.3. The second-order valence-corrected chi connectivity index (χ2v) is 5.95. The van der Waals surface area contributed by atoms with E-state index >= 15 is 0 Å². The summed E-state index contributed by atoms with van der Waals surface area (Å²) in [5.74, 6) is 0.622. The molecule has 0 unspecified atom stereocenters. The van der Waals surface area contributed by atoms with Crippen molar-refractivity contribution in [3.63, 3.8) is 0 Å². The van der Waals surface area contributed by atoms with Crippen LogP contribution in [0.4, 0.5) is 4.39 Å². The highest BCUT2D eigenvalue weighted by Gasteiger charge is 2.22. The maximum Gasteiger partial charge on any atom is 0.128 e. The van der Waals surface area contributed by atoms with Crippen molar-refractivity contribution < 1.29 is 4.39 Å². The Bertz CT molecular complexity index is 374. The predicted molar refractivity (Wildman–Crippen MR) is 73.7 cm³/mol. The van der Waals surface area contributed by atoms with Gasteiger partial charge in [0.05, 0.1) is 0 Å². The summed E-state index contributed by atoms with van der Waals surface area (Å²) in [7, 11) is 0. The summed E-state index contributed by atoms with van der Waals surface area (Å²) in [5.41, 5.74) is 3.03. The molecule has 96 valence electrons. The lowest BCUT2D eigenvalue weighted by molar-refractivity contribution is 0.585. The normalized spacial score (nSPS) is 11.9. The molecule has 0 aromatic heterocycles. The molecule has 0 spiro atoms. The Morgan fingerprint density at radius 2 is 1.24 bits per heavy atom. The lowest BCUT2D eigenvalue weighted by Gasteiger charge is -2.24. The Labute approximate surface area is 109 Å². The minimum absolute atomic E-state index is 0.168. The third kappa shape index (κ3) is 2.82. The number of halogens is 2. The molecule has 2 heteroatoms. The van der Waals surface area contributed by atoms with Crippen molar-refractivity contribution >= 4 is 11.6 Å². The summed E-state index contributed by atoms with van der Waals surface area (Å²) in [4.78, 5) is 0. The van der Waals surface area contributed by atoms with Gasteiger partial charge in [0.15, 0.2) is 0 Å². The second kappa shape index (κ2) is 5.39. The Kier molecular flexibility index (Phi) is 4.60. The van der Waals surface area contributed by atoms with E-state index in [0.29, 0.717) is 10.9 Å². The first-order chi connectivity index (χ1) is 7.77. The summed E-state index contributed by atoms with van der Waals surface area (Å²) in [6.45, 7) is 12.5. The van der Waals surface area contributed by atoms with Gasteiger partial charge in [0.25, 0.3) is 0 Å². The summed E-state index contributed by atoms with van der Waals surface area (Å²) in [6, 6.07) is 1.47. The smallest absolute Gasteiger partial charge is 0.128 e. The van der Waals surface area contributed by atoms with E-state index in [9.17, 15) is 4.39 Å². The average Bonchev–Trinajstić information content (AvgIpc) is 2.14. The van der Waals surface area contributed by atoms with Crippen LogP contribution in [-0.4, -0.2) is 0 Å². The molecule has 0 amide bonds. The third-order valence-corrected chi connectivity index (χ3v) is 3.39. The van der Waals surface area contributed by atoms with Crippen LogP contribution in [0.5, 0.6) is 0 Å². The van der Waals surface area contributed by atoms with Crippen LogP contribution in [0.2, 0.25) is 5.02 Å². The van der Waals surface area contributed by atoms with Crippen molar-refractivity contribution in [2.75, 3.05) is 0 Å². The van der Waals surface area contributed by atoms with Crippen molar-refractivity contribution in [1.29, 1.82) is 0 Å². The number of benzene rings is 1. The Hall–Kier alpha value is -0.560. The zero-order chi connectivity index (χ0) is 13.3. The highest BCUT2D eigenvalue weighted by atomic mass is 35.5. The van der Waals surface area contributed by atoms with E-state index in [0.717, 1.165) is 16.7 Å². The van der Waals surface area contributed by atoms with Crippen molar-refractivity contribution in [2.24, 2.45) is 0 Å². The molecule has 0 atom stereocenters. The predicted octanol–water partition coefficient (Wildman–Crippen LogP) is 5.85. The third-order valence-electron chi connectivity index (χ3n) is 3.08. The SMILES string of the molecule is CC(C)c1c(F)cc(Cl)c(C(C)C)c1C(C)C. The number of rotatable bonds is 3. The van der Waals surface area contributed by atoms with Crippen LogP contribution in [-0.2, 0) is 0 Å². The van der Waals surface area contributed by atoms with Crippen LogP contribution in [0, 0.1) is 5.82 Å². The molecule has 0 aliphatic heterocycles. The van der Waals surface area contributed by atoms with Gasteiger partial charge in [0.2, 0.25) is 0 Å². The molecule has 1 rings (SSSR count). The first kappa shape index (κ1) is 14.5. The van der Waals surface area contributed by atoms with E-state index < -0.39 is 0 Å². The maximum absolute atomic E-state index is 14.1. The van der Waals surface area contributed by atoms with E-state index in [1.807, 2.05) is 13.8 Å². The second-order valence-electron chi connectivity index (χ2n) is 5.55. The quantitative estimate of drug-likeness (QED) is 0.636. The van der Waals surface area contributed by atoms with Gasteiger partial charge in [0, 0.05) is 5.02 Å². The summed E-state index contributed by atoms with van der Waals surface area (Å²) in [6.07, 6.45) is 0. The highest BCUT2D eigenvalue weighted by molar-refractivity contribution is 6.31. The lowest BCUT2D eigenvalue weighted by atomic mass is 9.83. The van der Waals surface area contributed by atoms with Gasteiger partial charge in [0.1, 0.15) is 5.82 Å². The van der Waals surface area contributed by atoms with Crippen LogP contribution in [0.3, 0.4) is 0 Å². The van der Waals surface area contributed by atoms with Crippen LogP contribution >= 0.6 is 11.6 Å². The van der Waals surface area contributed by atoms with Crippen molar-refractivity contribution in [3.8, 4) is 0 Å². The molecule has 0 aliphatic carbocycles. The van der Waals surface area contributed by atoms with E-state index in [-0.39, 0.29) is 17.7 Å². The van der Waals surface area contributed by atoms with Crippen LogP contribution in [0.1, 0.15) is 76.0 Å². The molecule has 0 nitrogen and oxygen atoms in total. The molecular formula is C15H22ClF. The van der Waals surface area contributed by atoms with Gasteiger partial charge in [-0.1, -0.05) is 53.1 Å². The van der Waals surface area contributed by atoms with Crippen LogP contribution in [0.25, 0.3) is 0 Å². The number of hydrogen-bond acceptors (Lipinski definition) is 0. The summed E-state index contributed by atoms with van der Waals surface area (Å²) < 4.78 is 14.1. The van der Waals surface area contributed by atoms with Crippen molar-refractivity contribution in [1.82, 2.24) is 0 Å². The minimum Gasteiger partial charge on any atom is -0.207 e. The minimum atomic E-state index is -0.168. The van der Waals surface area contributed by atoms with Gasteiger partial charge in [-0.25, -0.2) is 4.39 Å². The Morgan fingerprint density at radius 1 is 0.824 bits per heavy atom. The van der Waals surface area contributed by atoms with E-state index in [1.165, 1.54) is 6.07 Å². The average molecular weight is 257 g/mol. The molecular weight excluding hydrogens is 235 g/mol. The van der Waals surface area contributed by atoms with Gasteiger partial charge in [-0.05, 0) is 40.5 Å². The van der Waals surface area contributed by atoms with Crippen LogP contribution < -0.4 is 0 Å². The summed E-state index contributed by atoms with van der Waals surface area (Å²) in [5, 5.41) is 0.561. The maximum atomic E-state index is 14.1.